The fraction of sp³-hybridized carbons (Fsp3) is 0.417. The van der Waals surface area contributed by atoms with Crippen LogP contribution in [0.25, 0.3) is 12.2 Å². The van der Waals surface area contributed by atoms with E-state index in [1.165, 1.54) is 9.75 Å². The van der Waals surface area contributed by atoms with E-state index in [2.05, 4.69) is 64.1 Å². The van der Waals surface area contributed by atoms with Gasteiger partial charge in [-0.1, -0.05) is 39.8 Å². The maximum absolute atomic E-state index is 11.9. The van der Waals surface area contributed by atoms with E-state index < -0.39 is 0 Å². The zero-order valence-corrected chi connectivity index (χ0v) is 17.5. The third-order valence-electron chi connectivity index (χ3n) is 4.93. The van der Waals surface area contributed by atoms with E-state index in [0.29, 0.717) is 12.8 Å². The molecule has 0 unspecified atom stereocenters. The number of carbonyl (C=O) groups is 2. The molecule has 142 valence electrons. The number of hydrogen-bond acceptors (Lipinski definition) is 3. The maximum atomic E-state index is 11.9. The largest absolute Gasteiger partial charge is 0.295 e. The molecular formula is C24H28O2S. The first-order chi connectivity index (χ1) is 12.6. The van der Waals surface area contributed by atoms with Crippen LogP contribution < -0.4 is 0 Å². The second kappa shape index (κ2) is 7.55. The standard InChI is InChI=1S/C24H28O2S/c1-23(2)13-17(11-19(25)15-23)5-7-21-9-10-22(27-21)8-6-18-12-20(26)16-24(3,4)14-18/h5-12H,13-16H2,1-4H3/b7-5+,8-6+. The first-order valence-electron chi connectivity index (χ1n) is 9.53. The SMILES string of the molecule is CC1(C)CC(=O)C=C(/C=C/c2ccc(/C=C/C3=CC(=O)CC(C)(C)C3)s2)C1. The predicted molar refractivity (Wildman–Crippen MR) is 115 cm³/mol. The molecule has 1 aromatic heterocycles. The number of rotatable bonds is 4. The van der Waals surface area contributed by atoms with Crippen LogP contribution in [0.1, 0.15) is 63.1 Å². The summed E-state index contributed by atoms with van der Waals surface area (Å²) in [6, 6.07) is 4.20. The van der Waals surface area contributed by atoms with E-state index in [1.54, 1.807) is 23.5 Å². The topological polar surface area (TPSA) is 34.1 Å². The third kappa shape index (κ3) is 5.74. The van der Waals surface area contributed by atoms with E-state index >= 15 is 0 Å². The van der Waals surface area contributed by atoms with Gasteiger partial charge in [0.15, 0.2) is 11.6 Å². The molecule has 2 aliphatic carbocycles. The van der Waals surface area contributed by atoms with Crippen molar-refractivity contribution in [2.24, 2.45) is 10.8 Å². The summed E-state index contributed by atoms with van der Waals surface area (Å²) >= 11 is 1.71. The van der Waals surface area contributed by atoms with Crippen molar-refractivity contribution >= 4 is 35.1 Å². The zero-order chi connectivity index (χ0) is 19.7. The Morgan fingerprint density at radius 2 is 1.11 bits per heavy atom. The highest BCUT2D eigenvalue weighted by Crippen LogP contribution is 2.35. The van der Waals surface area contributed by atoms with E-state index in [-0.39, 0.29) is 22.4 Å². The molecule has 0 amide bonds. The van der Waals surface area contributed by atoms with Gasteiger partial charge in [0.05, 0.1) is 0 Å². The number of hydrogen-bond donors (Lipinski definition) is 0. The van der Waals surface area contributed by atoms with Crippen molar-refractivity contribution in [3.05, 3.63) is 57.3 Å². The molecule has 2 aliphatic rings. The van der Waals surface area contributed by atoms with E-state index in [4.69, 9.17) is 0 Å². The molecule has 0 saturated heterocycles. The van der Waals surface area contributed by atoms with Crippen molar-refractivity contribution < 1.29 is 9.59 Å². The number of allylic oxidation sites excluding steroid dienone is 6. The third-order valence-corrected chi connectivity index (χ3v) is 5.95. The molecule has 0 aromatic carbocycles. The van der Waals surface area contributed by atoms with Crippen LogP contribution in [-0.2, 0) is 9.59 Å². The summed E-state index contributed by atoms with van der Waals surface area (Å²) in [6.45, 7) is 8.58. The smallest absolute Gasteiger partial charge is 0.156 e. The van der Waals surface area contributed by atoms with Crippen molar-refractivity contribution in [1.82, 2.24) is 0 Å². The molecule has 3 heteroatoms. The van der Waals surface area contributed by atoms with Crippen LogP contribution >= 0.6 is 11.3 Å². The minimum Gasteiger partial charge on any atom is -0.295 e. The molecule has 0 fully saturated rings. The molecular weight excluding hydrogens is 352 g/mol. The summed E-state index contributed by atoms with van der Waals surface area (Å²) in [5.41, 5.74) is 2.31. The average Bonchev–Trinajstić information content (AvgIpc) is 2.95. The molecule has 0 bridgehead atoms. The molecule has 2 nitrogen and oxygen atoms in total. The number of ketones is 2. The lowest BCUT2D eigenvalue weighted by atomic mass is 9.77. The Morgan fingerprint density at radius 3 is 1.48 bits per heavy atom. The fourth-order valence-electron chi connectivity index (χ4n) is 3.93. The normalized spacial score (nSPS) is 22.4. The van der Waals surface area contributed by atoms with Gasteiger partial charge in [0.25, 0.3) is 0 Å². The summed E-state index contributed by atoms with van der Waals surface area (Å²) in [5, 5.41) is 0. The van der Waals surface area contributed by atoms with E-state index in [9.17, 15) is 9.59 Å². The van der Waals surface area contributed by atoms with Gasteiger partial charge in [-0.3, -0.25) is 9.59 Å². The van der Waals surface area contributed by atoms with Gasteiger partial charge in [-0.2, -0.15) is 0 Å². The second-order valence-electron chi connectivity index (χ2n) is 9.31. The summed E-state index contributed by atoms with van der Waals surface area (Å²) in [4.78, 5) is 26.1. The molecule has 0 saturated carbocycles. The van der Waals surface area contributed by atoms with Gasteiger partial charge in [0.1, 0.15) is 0 Å². The van der Waals surface area contributed by atoms with Crippen molar-refractivity contribution in [3.63, 3.8) is 0 Å². The zero-order valence-electron chi connectivity index (χ0n) is 16.7. The van der Waals surface area contributed by atoms with Crippen LogP contribution in [0, 0.1) is 10.8 Å². The first kappa shape index (κ1) is 19.8. The lowest BCUT2D eigenvalue weighted by molar-refractivity contribution is -0.117. The molecule has 0 spiro atoms. The van der Waals surface area contributed by atoms with Crippen molar-refractivity contribution in [1.29, 1.82) is 0 Å². The van der Waals surface area contributed by atoms with Gasteiger partial charge in [0, 0.05) is 22.6 Å². The van der Waals surface area contributed by atoms with Crippen LogP contribution in [0.3, 0.4) is 0 Å². The summed E-state index contributed by atoms with van der Waals surface area (Å²) < 4.78 is 0. The van der Waals surface area contributed by atoms with Gasteiger partial charge in [0.2, 0.25) is 0 Å². The maximum Gasteiger partial charge on any atom is 0.156 e. The molecule has 0 aliphatic heterocycles. The predicted octanol–water partition coefficient (Wildman–Crippen LogP) is 6.41. The number of carbonyl (C=O) groups excluding carboxylic acids is 2. The van der Waals surface area contributed by atoms with Crippen molar-refractivity contribution in [3.8, 4) is 0 Å². The highest BCUT2D eigenvalue weighted by Gasteiger charge is 2.27. The minimum absolute atomic E-state index is 0.0494. The Balaban J connectivity index is 1.67. The molecule has 3 rings (SSSR count). The summed E-state index contributed by atoms with van der Waals surface area (Å²) in [6.07, 6.45) is 15.0. The Hall–Kier alpha value is -2.00. The Labute approximate surface area is 166 Å². The van der Waals surface area contributed by atoms with Gasteiger partial charge >= 0.3 is 0 Å². The van der Waals surface area contributed by atoms with E-state index in [0.717, 1.165) is 24.0 Å². The molecule has 1 heterocycles. The summed E-state index contributed by atoms with van der Waals surface area (Å²) in [5.74, 6) is 0.442. The van der Waals surface area contributed by atoms with E-state index in [1.807, 2.05) is 0 Å². The van der Waals surface area contributed by atoms with Gasteiger partial charge in [-0.25, -0.2) is 0 Å². The average molecular weight is 381 g/mol. The van der Waals surface area contributed by atoms with Crippen molar-refractivity contribution in [2.75, 3.05) is 0 Å². The Bertz CT molecular complexity index is 801. The highest BCUT2D eigenvalue weighted by atomic mass is 32.1. The molecule has 0 N–H and O–H groups in total. The van der Waals surface area contributed by atoms with Gasteiger partial charge in [-0.15, -0.1) is 11.3 Å². The van der Waals surface area contributed by atoms with Crippen LogP contribution in [0.4, 0.5) is 0 Å². The quantitative estimate of drug-likeness (QED) is 0.605. The minimum atomic E-state index is 0.0494. The first-order valence-corrected chi connectivity index (χ1v) is 10.3. The lowest BCUT2D eigenvalue weighted by Gasteiger charge is -2.27. The summed E-state index contributed by atoms with van der Waals surface area (Å²) in [7, 11) is 0. The van der Waals surface area contributed by atoms with Gasteiger partial charge < -0.3 is 0 Å². The molecule has 1 aromatic rings. The monoisotopic (exact) mass is 380 g/mol. The van der Waals surface area contributed by atoms with Gasteiger partial charge in [-0.05, 0) is 71.3 Å². The van der Waals surface area contributed by atoms with Crippen LogP contribution in [0.5, 0.6) is 0 Å². The van der Waals surface area contributed by atoms with Crippen LogP contribution in [0.15, 0.2) is 47.6 Å². The fourth-order valence-corrected chi connectivity index (χ4v) is 4.75. The Morgan fingerprint density at radius 1 is 0.704 bits per heavy atom. The second-order valence-corrected chi connectivity index (χ2v) is 10.5. The number of thiophene rings is 1. The molecule has 27 heavy (non-hydrogen) atoms. The molecule has 0 radical (unpaired) electrons. The van der Waals surface area contributed by atoms with Crippen molar-refractivity contribution in [2.45, 2.75) is 53.4 Å². The molecule has 0 atom stereocenters. The lowest BCUT2D eigenvalue weighted by Crippen LogP contribution is -2.21. The van der Waals surface area contributed by atoms with Crippen LogP contribution in [-0.4, -0.2) is 11.6 Å². The highest BCUT2D eigenvalue weighted by molar-refractivity contribution is 7.13. The van der Waals surface area contributed by atoms with Crippen LogP contribution in [0.2, 0.25) is 0 Å². The Kier molecular flexibility index (Phi) is 5.53.